The van der Waals surface area contributed by atoms with Gasteiger partial charge in [-0.2, -0.15) is 0 Å². The molecular weight excluding hydrogens is 1250 g/mol. The molecule has 103 heavy (non-hydrogen) atoms. The van der Waals surface area contributed by atoms with Gasteiger partial charge >= 0.3 is 0 Å². The van der Waals surface area contributed by atoms with E-state index in [0.29, 0.717) is 39.1 Å². The summed E-state index contributed by atoms with van der Waals surface area (Å²) in [6.45, 7) is 20.0. The summed E-state index contributed by atoms with van der Waals surface area (Å²) in [6.07, 6.45) is 0. The molecule has 1 unspecified atom stereocenters. The average Bonchev–Trinajstić information content (AvgIpc) is 1.68. The van der Waals surface area contributed by atoms with Crippen molar-refractivity contribution < 1.29 is 26.3 Å². The zero-order valence-electron chi connectivity index (χ0n) is 74.3. The summed E-state index contributed by atoms with van der Waals surface area (Å²) < 4.78 is 162. The van der Waals surface area contributed by atoms with E-state index >= 15 is 0 Å². The maximum atomic E-state index is 9.80. The van der Waals surface area contributed by atoms with E-state index in [0.717, 1.165) is 89.1 Å². The molecule has 6 nitrogen and oxygen atoms in total. The van der Waals surface area contributed by atoms with Crippen LogP contribution in [0.25, 0.3) is 127 Å². The molecule has 6 heteroatoms. The second-order valence-corrected chi connectivity index (χ2v) is 30.5. The number of furan rings is 1. The zero-order chi connectivity index (χ0) is 83.5. The lowest BCUT2D eigenvalue weighted by atomic mass is 9.73. The highest BCUT2D eigenvalue weighted by atomic mass is 16.3. The number of benzene rings is 14. The van der Waals surface area contributed by atoms with Crippen molar-refractivity contribution in [3.8, 4) is 39.3 Å². The Labute approximate surface area is 622 Å². The van der Waals surface area contributed by atoms with Gasteiger partial charge < -0.3 is 27.9 Å². The number of hydrogen-bond acceptors (Lipinski definition) is 3. The number of nitrogens with zero attached hydrogens (tertiary/aromatic N) is 5. The van der Waals surface area contributed by atoms with Crippen LogP contribution in [0.5, 0.6) is 0 Å². The van der Waals surface area contributed by atoms with E-state index < -0.39 is 108 Å². The number of fused-ring (bicyclic) bond motifs is 16. The van der Waals surface area contributed by atoms with Crippen LogP contribution in [-0.2, 0) is 16.2 Å². The topological polar surface area (TPSA) is 34.4 Å². The van der Waals surface area contributed by atoms with Crippen molar-refractivity contribution in [2.45, 2.75) is 84.5 Å². The lowest BCUT2D eigenvalue weighted by molar-refractivity contribution is 0.589. The number of anilines is 6. The third kappa shape index (κ3) is 9.25. The molecule has 0 saturated carbocycles. The molecule has 496 valence electrons. The zero-order valence-corrected chi connectivity index (χ0v) is 58.3. The Kier molecular flexibility index (Phi) is 9.98. The third-order valence-electron chi connectivity index (χ3n) is 21.3. The predicted octanol–water partition coefficient (Wildman–Crippen LogP) is 26.9. The average molecular weight is 1340 g/mol. The predicted molar refractivity (Wildman–Crippen MR) is 434 cm³/mol. The largest absolute Gasteiger partial charge is 0.452 e. The number of para-hydroxylation sites is 6. The summed E-state index contributed by atoms with van der Waals surface area (Å²) in [4.78, 5) is 4.58. The van der Waals surface area contributed by atoms with Crippen LogP contribution in [-0.4, -0.2) is 13.7 Å². The van der Waals surface area contributed by atoms with Crippen LogP contribution < -0.4 is 9.80 Å². The Morgan fingerprint density at radius 2 is 0.699 bits per heavy atom. The molecule has 0 fully saturated rings. The van der Waals surface area contributed by atoms with Crippen LogP contribution in [0.1, 0.15) is 124 Å². The first-order valence-corrected chi connectivity index (χ1v) is 35.0. The highest BCUT2D eigenvalue weighted by Gasteiger charge is 2.44. The lowest BCUT2D eigenvalue weighted by Crippen LogP contribution is -2.30. The van der Waals surface area contributed by atoms with Gasteiger partial charge in [-0.25, -0.2) is 0 Å². The summed E-state index contributed by atoms with van der Waals surface area (Å²) in [5.41, 5.74) is 17.1. The highest BCUT2D eigenvalue weighted by molar-refractivity contribution is 6.17. The second-order valence-electron chi connectivity index (χ2n) is 30.5. The van der Waals surface area contributed by atoms with Crippen molar-refractivity contribution in [1.82, 2.24) is 13.7 Å². The summed E-state index contributed by atoms with van der Waals surface area (Å²) in [5, 5.41) is 3.06. The monoisotopic (exact) mass is 1340 g/mol. The van der Waals surface area contributed by atoms with Crippen molar-refractivity contribution in [2.75, 3.05) is 9.80 Å². The van der Waals surface area contributed by atoms with E-state index in [-0.39, 0.29) is 65.7 Å². The van der Waals surface area contributed by atoms with Gasteiger partial charge in [0.05, 0.1) is 89.2 Å². The molecule has 0 aliphatic carbocycles. The molecule has 14 aromatic carbocycles. The van der Waals surface area contributed by atoms with Gasteiger partial charge in [0, 0.05) is 71.6 Å². The van der Waals surface area contributed by atoms with E-state index in [1.54, 1.807) is 16.7 Å². The molecule has 0 saturated heterocycles. The maximum absolute atomic E-state index is 9.80. The van der Waals surface area contributed by atoms with Gasteiger partial charge in [-0.1, -0.05) is 244 Å². The second kappa shape index (κ2) is 22.2. The molecule has 20 rings (SSSR count). The minimum absolute atomic E-state index is 0.0576. The van der Waals surface area contributed by atoms with Crippen LogP contribution in [0, 0.1) is 0 Å². The van der Waals surface area contributed by atoms with Crippen LogP contribution in [0.4, 0.5) is 34.1 Å². The first kappa shape index (κ1) is 46.3. The van der Waals surface area contributed by atoms with Crippen molar-refractivity contribution in [3.05, 3.63) is 330 Å². The van der Waals surface area contributed by atoms with Gasteiger partial charge in [0.15, 0.2) is 11.2 Å². The van der Waals surface area contributed by atoms with Crippen LogP contribution in [0.2, 0.25) is 0 Å². The molecule has 2 aliphatic heterocycles. The van der Waals surface area contributed by atoms with Gasteiger partial charge in [0.2, 0.25) is 0 Å². The molecule has 1 atom stereocenters. The van der Waals surface area contributed by atoms with E-state index in [4.69, 9.17) is 12.6 Å². The van der Waals surface area contributed by atoms with Crippen molar-refractivity contribution >= 4 is 121 Å². The van der Waals surface area contributed by atoms with E-state index in [9.17, 15) is 13.7 Å². The Morgan fingerprint density at radius 1 is 0.282 bits per heavy atom. The molecule has 2 aliphatic rings. The van der Waals surface area contributed by atoms with Crippen LogP contribution in [0.3, 0.4) is 0 Å². The van der Waals surface area contributed by atoms with Gasteiger partial charge in [-0.3, -0.25) is 0 Å². The fraction of sp³-hybridized carbons (Fsp3) is 0.134. The Morgan fingerprint density at radius 3 is 1.17 bits per heavy atom. The summed E-state index contributed by atoms with van der Waals surface area (Å²) >= 11 is 0. The minimum atomic E-state index is -0.619. The Balaban J connectivity index is 0.937. The number of aromatic nitrogens is 3. The number of rotatable bonds is 7. The summed E-state index contributed by atoms with van der Waals surface area (Å²) in [6, 6.07) is 61.3. The van der Waals surface area contributed by atoms with E-state index in [2.05, 4.69) is 210 Å². The molecule has 18 aromatic rings. The van der Waals surface area contributed by atoms with Gasteiger partial charge in [-0.15, -0.1) is 0 Å². The molecule has 0 radical (unpaired) electrons. The molecule has 6 heterocycles. The maximum Gasteiger partial charge on any atom is 0.159 e. The molecular formula is C97H77N5O. The molecule has 0 N–H and O–H groups in total. The van der Waals surface area contributed by atoms with E-state index in [1.165, 1.54) is 15.7 Å². The van der Waals surface area contributed by atoms with Crippen LogP contribution >= 0.6 is 0 Å². The van der Waals surface area contributed by atoms with Gasteiger partial charge in [0.1, 0.15) is 0 Å². The minimum Gasteiger partial charge on any atom is -0.452 e. The summed E-state index contributed by atoms with van der Waals surface area (Å²) in [5.74, 6) is -0.619. The first-order chi connectivity index (χ1) is 56.6. The summed E-state index contributed by atoms with van der Waals surface area (Å²) in [7, 11) is 0. The Bertz CT molecular complexity index is 7300. The smallest absolute Gasteiger partial charge is 0.159 e. The van der Waals surface area contributed by atoms with Crippen molar-refractivity contribution in [3.63, 3.8) is 0 Å². The van der Waals surface area contributed by atoms with E-state index in [1.807, 2.05) is 54.6 Å². The number of hydrogen-bond donors (Lipinski definition) is 0. The fourth-order valence-corrected chi connectivity index (χ4v) is 16.3. The SMILES string of the molecule is [2H]c1c([2H])c([2H])c2c(c1[2H])c1c([2H])c([2H])c([2H])c([2H])c1n2-c1ccc2c(c1)N(c1cccc3c1oc1c(-n4c5c([2H])c([2H])c([2H])c([2H])c5c5c([2H])c([2H])c([2H])c([2H])c54)cccc13)c1cc(C(C)(C)C)cc3c1C2c1ccc(-n2c4ccc(C(C)(C)C)cc4c4cc(C(C)(C)C)ccc42)cc1N3c1cc(-c2ccccc2)cc(-c2ccccc2)c1. The quantitative estimate of drug-likeness (QED) is 0.159. The van der Waals surface area contributed by atoms with Crippen molar-refractivity contribution in [1.29, 1.82) is 0 Å². The van der Waals surface area contributed by atoms with Crippen LogP contribution in [0.15, 0.2) is 301 Å². The standard InChI is InChI=1S/C97H77N5O/c1-95(2,3)63-42-48-83-77(53-63)78-54-64(96(4,5)6)43-49-84(78)99(83)66-44-46-75-87(57-66)100(68-51-61(59-26-12-10-13-27-59)50-62(52-68)60-28-14-11-15-29-60)89-55-65(97(7,8)9)56-90-92(89)91(75)76-47-45-67(98-79-36-20-16-30-69(79)70-31-17-21-37-80(70)98)58-88(76)102(90)86-41-25-35-74-73-34-24-40-85(93(73)103-94(74)86)101-81-38-22-18-32-71(81)72-33-19-23-39-82(72)101/h10-58,91H,1-9H3/i16D,17D,18D,19D,20D,21D,22D,23D,30D,31D,32D,33D,36D,37D,38D,39D. The molecule has 0 spiro atoms. The normalized spacial score (nSPS) is 16.1. The molecule has 4 aromatic heterocycles. The third-order valence-corrected chi connectivity index (χ3v) is 21.3. The highest BCUT2D eigenvalue weighted by Crippen LogP contribution is 2.63. The van der Waals surface area contributed by atoms with Gasteiger partial charge in [0.25, 0.3) is 0 Å². The van der Waals surface area contributed by atoms with Crippen molar-refractivity contribution in [2.24, 2.45) is 0 Å². The Hall–Kier alpha value is -12.1. The lowest BCUT2D eigenvalue weighted by Gasteiger charge is -2.46. The fourth-order valence-electron chi connectivity index (χ4n) is 16.3. The van der Waals surface area contributed by atoms with Gasteiger partial charge in [-0.05, 0) is 181 Å². The first-order valence-electron chi connectivity index (χ1n) is 43.0. The molecule has 0 amide bonds. The molecule has 0 bridgehead atoms.